The summed E-state index contributed by atoms with van der Waals surface area (Å²) >= 11 is 1.62. The Bertz CT molecular complexity index is 267. The fourth-order valence-corrected chi connectivity index (χ4v) is 2.16. The van der Waals surface area contributed by atoms with Crippen LogP contribution in [0.2, 0.25) is 0 Å². The van der Waals surface area contributed by atoms with Crippen LogP contribution in [0.5, 0.6) is 0 Å². The first-order chi connectivity index (χ1) is 6.79. The minimum Gasteiger partial charge on any atom is -0.469 e. The van der Waals surface area contributed by atoms with Gasteiger partial charge in [-0.2, -0.15) is 11.3 Å². The molecule has 2 nitrogen and oxygen atoms in total. The van der Waals surface area contributed by atoms with Crippen LogP contribution in [0.3, 0.4) is 0 Å². The van der Waals surface area contributed by atoms with Crippen LogP contribution in [0.15, 0.2) is 16.8 Å². The molecule has 3 heteroatoms. The number of unbranched alkanes of at least 4 members (excludes halogenated alkanes) is 1. The van der Waals surface area contributed by atoms with Crippen molar-refractivity contribution in [2.24, 2.45) is 0 Å². The van der Waals surface area contributed by atoms with E-state index in [0.29, 0.717) is 0 Å². The summed E-state index contributed by atoms with van der Waals surface area (Å²) in [6.45, 7) is 2.13. The van der Waals surface area contributed by atoms with E-state index in [-0.39, 0.29) is 11.9 Å². The topological polar surface area (TPSA) is 26.3 Å². The van der Waals surface area contributed by atoms with Crippen molar-refractivity contribution < 1.29 is 9.53 Å². The third kappa shape index (κ3) is 2.84. The van der Waals surface area contributed by atoms with Gasteiger partial charge in [-0.15, -0.1) is 0 Å². The highest BCUT2D eigenvalue weighted by atomic mass is 32.1. The first kappa shape index (κ1) is 11.2. The van der Waals surface area contributed by atoms with E-state index in [1.165, 1.54) is 7.11 Å². The molecule has 78 valence electrons. The molecule has 0 saturated carbocycles. The van der Waals surface area contributed by atoms with Gasteiger partial charge in [0.05, 0.1) is 13.0 Å². The van der Waals surface area contributed by atoms with Crippen molar-refractivity contribution >= 4 is 17.3 Å². The highest BCUT2D eigenvalue weighted by molar-refractivity contribution is 7.08. The molecule has 0 spiro atoms. The zero-order valence-electron chi connectivity index (χ0n) is 8.66. The van der Waals surface area contributed by atoms with Crippen LogP contribution < -0.4 is 0 Å². The van der Waals surface area contributed by atoms with Gasteiger partial charge in [0.1, 0.15) is 0 Å². The Morgan fingerprint density at radius 1 is 1.64 bits per heavy atom. The Morgan fingerprint density at radius 2 is 2.43 bits per heavy atom. The fourth-order valence-electron chi connectivity index (χ4n) is 1.44. The number of hydrogen-bond acceptors (Lipinski definition) is 3. The van der Waals surface area contributed by atoms with E-state index in [1.54, 1.807) is 11.3 Å². The molecule has 0 amide bonds. The number of thiophene rings is 1. The molecule has 0 aliphatic rings. The molecule has 1 aromatic rings. The molecule has 0 N–H and O–H groups in total. The van der Waals surface area contributed by atoms with Gasteiger partial charge >= 0.3 is 5.97 Å². The van der Waals surface area contributed by atoms with Crippen molar-refractivity contribution in [2.45, 2.75) is 32.1 Å². The summed E-state index contributed by atoms with van der Waals surface area (Å²) in [4.78, 5) is 11.5. The van der Waals surface area contributed by atoms with E-state index >= 15 is 0 Å². The lowest BCUT2D eigenvalue weighted by Gasteiger charge is -2.12. The van der Waals surface area contributed by atoms with E-state index in [9.17, 15) is 4.79 Å². The molecule has 1 rings (SSSR count). The second kappa shape index (κ2) is 5.81. The van der Waals surface area contributed by atoms with Crippen LogP contribution >= 0.6 is 11.3 Å². The van der Waals surface area contributed by atoms with Crippen LogP contribution in [0.4, 0.5) is 0 Å². The molecule has 0 aliphatic carbocycles. The maximum atomic E-state index is 11.5. The SMILES string of the molecule is CCCCC(C(=O)OC)c1ccsc1. The second-order valence-electron chi connectivity index (χ2n) is 3.27. The Balaban J connectivity index is 2.67. The molecule has 0 saturated heterocycles. The summed E-state index contributed by atoms with van der Waals surface area (Å²) in [5.41, 5.74) is 1.09. The van der Waals surface area contributed by atoms with Crippen LogP contribution in [-0.2, 0) is 9.53 Å². The maximum absolute atomic E-state index is 11.5. The number of methoxy groups -OCH3 is 1. The van der Waals surface area contributed by atoms with E-state index in [0.717, 1.165) is 24.8 Å². The number of rotatable bonds is 5. The molecule has 1 heterocycles. The third-order valence-corrected chi connectivity index (χ3v) is 2.98. The van der Waals surface area contributed by atoms with Crippen molar-refractivity contribution in [1.82, 2.24) is 0 Å². The molecular formula is C11H16O2S. The zero-order chi connectivity index (χ0) is 10.4. The molecule has 0 aliphatic heterocycles. The van der Waals surface area contributed by atoms with Crippen LogP contribution in [0.1, 0.15) is 37.7 Å². The monoisotopic (exact) mass is 212 g/mol. The lowest BCUT2D eigenvalue weighted by atomic mass is 9.96. The number of esters is 1. The van der Waals surface area contributed by atoms with Crippen molar-refractivity contribution in [3.8, 4) is 0 Å². The lowest BCUT2D eigenvalue weighted by molar-refractivity contribution is -0.142. The first-order valence-electron chi connectivity index (χ1n) is 4.89. The molecule has 0 fully saturated rings. The molecule has 1 atom stereocenters. The van der Waals surface area contributed by atoms with E-state index in [4.69, 9.17) is 4.74 Å². The molecule has 1 aromatic heterocycles. The normalized spacial score (nSPS) is 12.4. The van der Waals surface area contributed by atoms with Gasteiger partial charge < -0.3 is 4.74 Å². The van der Waals surface area contributed by atoms with Gasteiger partial charge in [-0.05, 0) is 28.8 Å². The average molecular weight is 212 g/mol. The molecule has 14 heavy (non-hydrogen) atoms. The quantitative estimate of drug-likeness (QED) is 0.701. The maximum Gasteiger partial charge on any atom is 0.313 e. The van der Waals surface area contributed by atoms with Gasteiger partial charge in [-0.3, -0.25) is 4.79 Å². The predicted octanol–water partition coefficient (Wildman–Crippen LogP) is 3.19. The van der Waals surface area contributed by atoms with Crippen LogP contribution in [0.25, 0.3) is 0 Å². The highest BCUT2D eigenvalue weighted by Crippen LogP contribution is 2.25. The van der Waals surface area contributed by atoms with Gasteiger partial charge in [-0.25, -0.2) is 0 Å². The Labute approximate surface area is 88.9 Å². The summed E-state index contributed by atoms with van der Waals surface area (Å²) in [6.07, 6.45) is 3.06. The number of hydrogen-bond donors (Lipinski definition) is 0. The van der Waals surface area contributed by atoms with Crippen molar-refractivity contribution in [2.75, 3.05) is 7.11 Å². The first-order valence-corrected chi connectivity index (χ1v) is 5.83. The molecule has 0 aromatic carbocycles. The molecule has 1 unspecified atom stereocenters. The second-order valence-corrected chi connectivity index (χ2v) is 4.05. The average Bonchev–Trinajstić information content (AvgIpc) is 2.71. The van der Waals surface area contributed by atoms with Crippen LogP contribution in [0, 0.1) is 0 Å². The van der Waals surface area contributed by atoms with Gasteiger partial charge in [0.2, 0.25) is 0 Å². The van der Waals surface area contributed by atoms with Crippen molar-refractivity contribution in [3.63, 3.8) is 0 Å². The summed E-state index contributed by atoms with van der Waals surface area (Å²) in [6, 6.07) is 2.00. The zero-order valence-corrected chi connectivity index (χ0v) is 9.47. The number of carbonyl (C=O) groups excluding carboxylic acids is 1. The van der Waals surface area contributed by atoms with Crippen LogP contribution in [-0.4, -0.2) is 13.1 Å². The minimum absolute atomic E-state index is 0.0637. The summed E-state index contributed by atoms with van der Waals surface area (Å²) in [7, 11) is 1.45. The van der Waals surface area contributed by atoms with E-state index in [2.05, 4.69) is 6.92 Å². The van der Waals surface area contributed by atoms with Gasteiger partial charge in [0, 0.05) is 0 Å². The molecule has 0 radical (unpaired) electrons. The largest absolute Gasteiger partial charge is 0.469 e. The van der Waals surface area contributed by atoms with Crippen molar-refractivity contribution in [1.29, 1.82) is 0 Å². The molecular weight excluding hydrogens is 196 g/mol. The summed E-state index contributed by atoms with van der Waals surface area (Å²) in [5.74, 6) is -0.178. The Kier molecular flexibility index (Phi) is 4.66. The smallest absolute Gasteiger partial charge is 0.313 e. The Morgan fingerprint density at radius 3 is 2.93 bits per heavy atom. The van der Waals surface area contributed by atoms with Gasteiger partial charge in [0.25, 0.3) is 0 Å². The fraction of sp³-hybridized carbons (Fsp3) is 0.545. The van der Waals surface area contributed by atoms with Gasteiger partial charge in [0.15, 0.2) is 0 Å². The summed E-state index contributed by atoms with van der Waals surface area (Å²) in [5, 5.41) is 4.02. The third-order valence-electron chi connectivity index (χ3n) is 2.28. The standard InChI is InChI=1S/C11H16O2S/c1-3-4-5-10(11(12)13-2)9-6-7-14-8-9/h6-8,10H,3-5H2,1-2H3. The highest BCUT2D eigenvalue weighted by Gasteiger charge is 2.20. The Hall–Kier alpha value is -0.830. The molecule has 0 bridgehead atoms. The summed E-state index contributed by atoms with van der Waals surface area (Å²) < 4.78 is 4.80. The van der Waals surface area contributed by atoms with Gasteiger partial charge in [-0.1, -0.05) is 19.8 Å². The van der Waals surface area contributed by atoms with E-state index in [1.807, 2.05) is 16.8 Å². The predicted molar refractivity (Wildman–Crippen MR) is 58.6 cm³/mol. The van der Waals surface area contributed by atoms with Crippen molar-refractivity contribution in [3.05, 3.63) is 22.4 Å². The van der Waals surface area contributed by atoms with E-state index < -0.39 is 0 Å². The lowest BCUT2D eigenvalue weighted by Crippen LogP contribution is -2.13. The minimum atomic E-state index is -0.114. The number of ether oxygens (including phenoxy) is 1. The number of carbonyl (C=O) groups is 1.